The van der Waals surface area contributed by atoms with Crippen LogP contribution in [0.15, 0.2) is 18.2 Å². The Balaban J connectivity index is 2.26. The van der Waals surface area contributed by atoms with Gasteiger partial charge in [0.1, 0.15) is 5.75 Å². The molecule has 0 aromatic heterocycles. The molecule has 0 N–H and O–H groups in total. The van der Waals surface area contributed by atoms with E-state index in [9.17, 15) is 4.79 Å². The summed E-state index contributed by atoms with van der Waals surface area (Å²) in [6.45, 7) is 6.02. The van der Waals surface area contributed by atoms with E-state index in [0.29, 0.717) is 0 Å². The number of fused-ring (bicyclic) bond motifs is 4. The molecule has 0 amide bonds. The molecule has 1 heterocycles. The molecule has 2 atom stereocenters. The summed E-state index contributed by atoms with van der Waals surface area (Å²) in [5.41, 5.74) is 1.34. The van der Waals surface area contributed by atoms with Gasteiger partial charge in [0.2, 0.25) is 0 Å². The van der Waals surface area contributed by atoms with Gasteiger partial charge in [-0.1, -0.05) is 12.1 Å². The van der Waals surface area contributed by atoms with Crippen LogP contribution in [-0.4, -0.2) is 11.4 Å². The van der Waals surface area contributed by atoms with Gasteiger partial charge >= 0.3 is 0 Å². The molecular weight excluding hydrogens is 200 g/mol. The molecule has 2 nitrogen and oxygen atoms in total. The molecule has 2 aliphatic rings. The van der Waals surface area contributed by atoms with Crippen molar-refractivity contribution in [2.75, 3.05) is 0 Å². The van der Waals surface area contributed by atoms with Crippen LogP contribution in [-0.2, 0) is 10.2 Å². The van der Waals surface area contributed by atoms with Crippen LogP contribution in [0.2, 0.25) is 0 Å². The molecule has 1 aliphatic carbocycles. The van der Waals surface area contributed by atoms with E-state index in [-0.39, 0.29) is 11.2 Å². The minimum atomic E-state index is -0.588. The van der Waals surface area contributed by atoms with Crippen LogP contribution in [0.25, 0.3) is 0 Å². The van der Waals surface area contributed by atoms with Crippen molar-refractivity contribution in [3.05, 3.63) is 29.3 Å². The maximum Gasteiger partial charge on any atom is 0.186 e. The smallest absolute Gasteiger partial charge is 0.186 e. The predicted octanol–water partition coefficient (Wildman–Crippen LogP) is 2.77. The minimum absolute atomic E-state index is 0.247. The van der Waals surface area contributed by atoms with Crippen molar-refractivity contribution in [1.82, 2.24) is 0 Å². The molecule has 84 valence electrons. The number of Topliss-reactive ketones (excluding diaryl/α,β-unsaturated/α-hetero) is 1. The third kappa shape index (κ3) is 0.998. The Morgan fingerprint density at radius 2 is 2.00 bits per heavy atom. The normalized spacial score (nSPS) is 35.8. The summed E-state index contributed by atoms with van der Waals surface area (Å²) in [6, 6.07) is 6.15. The summed E-state index contributed by atoms with van der Waals surface area (Å²) < 4.78 is 5.92. The van der Waals surface area contributed by atoms with Crippen molar-refractivity contribution < 1.29 is 9.53 Å². The molecule has 1 fully saturated rings. The summed E-state index contributed by atoms with van der Waals surface area (Å²) in [7, 11) is 0. The van der Waals surface area contributed by atoms with Gasteiger partial charge in [-0.05, 0) is 45.2 Å². The molecule has 1 aromatic rings. The first-order valence-electron chi connectivity index (χ1n) is 5.81. The molecule has 1 saturated carbocycles. The largest absolute Gasteiger partial charge is 0.479 e. The Morgan fingerprint density at radius 3 is 2.75 bits per heavy atom. The third-order valence-electron chi connectivity index (χ3n) is 4.15. The van der Waals surface area contributed by atoms with Gasteiger partial charge in [-0.25, -0.2) is 0 Å². The van der Waals surface area contributed by atoms with Gasteiger partial charge in [-0.3, -0.25) is 4.79 Å². The summed E-state index contributed by atoms with van der Waals surface area (Å²) >= 11 is 0. The lowest BCUT2D eigenvalue weighted by Gasteiger charge is -2.36. The van der Waals surface area contributed by atoms with Gasteiger partial charge in [0.15, 0.2) is 11.4 Å². The molecule has 1 aliphatic heterocycles. The number of rotatable bonds is 0. The fourth-order valence-electron chi connectivity index (χ4n) is 3.07. The zero-order chi connectivity index (χ0) is 11.6. The Morgan fingerprint density at radius 1 is 1.25 bits per heavy atom. The van der Waals surface area contributed by atoms with E-state index in [2.05, 4.69) is 13.0 Å². The number of ether oxygens (including phenoxy) is 1. The molecule has 2 heteroatoms. The van der Waals surface area contributed by atoms with Crippen LogP contribution in [0.3, 0.4) is 0 Å². The van der Waals surface area contributed by atoms with Gasteiger partial charge in [0.05, 0.1) is 5.41 Å². The molecule has 2 bridgehead atoms. The van der Waals surface area contributed by atoms with E-state index in [0.717, 1.165) is 24.2 Å². The van der Waals surface area contributed by atoms with Crippen molar-refractivity contribution in [2.45, 2.75) is 44.6 Å². The predicted molar refractivity (Wildman–Crippen MR) is 61.8 cm³/mol. The van der Waals surface area contributed by atoms with Gasteiger partial charge in [0.25, 0.3) is 0 Å². The van der Waals surface area contributed by atoms with E-state index in [4.69, 9.17) is 4.74 Å². The highest BCUT2D eigenvalue weighted by Crippen LogP contribution is 2.52. The number of ketones is 1. The van der Waals surface area contributed by atoms with E-state index >= 15 is 0 Å². The minimum Gasteiger partial charge on any atom is -0.479 e. The first-order valence-corrected chi connectivity index (χ1v) is 5.81. The molecule has 0 saturated heterocycles. The van der Waals surface area contributed by atoms with Crippen LogP contribution in [0, 0.1) is 6.92 Å². The van der Waals surface area contributed by atoms with Crippen LogP contribution in [0.5, 0.6) is 5.75 Å². The van der Waals surface area contributed by atoms with Gasteiger partial charge < -0.3 is 4.74 Å². The monoisotopic (exact) mass is 216 g/mol. The van der Waals surface area contributed by atoms with Gasteiger partial charge in [0, 0.05) is 5.56 Å². The summed E-state index contributed by atoms with van der Waals surface area (Å²) in [5.74, 6) is 1.15. The van der Waals surface area contributed by atoms with Crippen LogP contribution in [0.4, 0.5) is 0 Å². The second-order valence-corrected chi connectivity index (χ2v) is 5.49. The van der Waals surface area contributed by atoms with Crippen LogP contribution >= 0.6 is 0 Å². The number of aryl methyl sites for hydroxylation is 1. The van der Waals surface area contributed by atoms with Crippen LogP contribution in [0.1, 0.15) is 37.8 Å². The van der Waals surface area contributed by atoms with Gasteiger partial charge in [-0.2, -0.15) is 0 Å². The maximum absolute atomic E-state index is 12.4. The second-order valence-electron chi connectivity index (χ2n) is 5.49. The highest BCUT2D eigenvalue weighted by atomic mass is 16.5. The third-order valence-corrected chi connectivity index (χ3v) is 4.15. The lowest BCUT2D eigenvalue weighted by molar-refractivity contribution is -0.135. The Hall–Kier alpha value is -1.31. The summed E-state index contributed by atoms with van der Waals surface area (Å²) in [5, 5.41) is 0. The first-order chi connectivity index (χ1) is 7.46. The van der Waals surface area contributed by atoms with Crippen molar-refractivity contribution >= 4 is 5.78 Å². The van der Waals surface area contributed by atoms with Crippen molar-refractivity contribution in [1.29, 1.82) is 0 Å². The maximum atomic E-state index is 12.4. The summed E-state index contributed by atoms with van der Waals surface area (Å²) in [6.07, 6.45) is 1.73. The molecule has 16 heavy (non-hydrogen) atoms. The fourth-order valence-corrected chi connectivity index (χ4v) is 3.07. The summed E-state index contributed by atoms with van der Waals surface area (Å²) in [4.78, 5) is 12.4. The topological polar surface area (TPSA) is 26.3 Å². The molecule has 1 aromatic carbocycles. The standard InChI is InChI=1S/C14H16O2/c1-9-4-5-10-11(8-9)16-14(3)7-6-13(10,2)12(14)15/h4-5,8H,6-7H2,1-3H3/t13-,14-/m1/s1. The SMILES string of the molecule is Cc1ccc2c(c1)O[C@]1(C)CC[C@@]2(C)C1=O. The zero-order valence-corrected chi connectivity index (χ0v) is 9.96. The molecule has 0 radical (unpaired) electrons. The Kier molecular flexibility index (Phi) is 1.65. The molecular formula is C14H16O2. The zero-order valence-electron chi connectivity index (χ0n) is 9.96. The average molecular weight is 216 g/mol. The molecule has 3 rings (SSSR count). The number of hydrogen-bond donors (Lipinski definition) is 0. The van der Waals surface area contributed by atoms with Crippen molar-refractivity contribution in [2.24, 2.45) is 0 Å². The Bertz CT molecular complexity index is 492. The molecule has 0 unspecified atom stereocenters. The van der Waals surface area contributed by atoms with Crippen molar-refractivity contribution in [3.63, 3.8) is 0 Å². The van der Waals surface area contributed by atoms with Gasteiger partial charge in [-0.15, -0.1) is 0 Å². The first kappa shape index (κ1) is 9.88. The Labute approximate surface area is 95.6 Å². The second kappa shape index (κ2) is 2.68. The lowest BCUT2D eigenvalue weighted by atomic mass is 9.76. The fraction of sp³-hybridized carbons (Fsp3) is 0.500. The highest BCUT2D eigenvalue weighted by Gasteiger charge is 2.58. The van der Waals surface area contributed by atoms with E-state index in [1.165, 1.54) is 5.56 Å². The number of benzene rings is 1. The van der Waals surface area contributed by atoms with Crippen LogP contribution < -0.4 is 4.74 Å². The lowest BCUT2D eigenvalue weighted by Crippen LogP contribution is -2.47. The number of carbonyl (C=O) groups excluding carboxylic acids is 1. The highest BCUT2D eigenvalue weighted by molar-refractivity contribution is 6.00. The van der Waals surface area contributed by atoms with E-state index in [1.54, 1.807) is 0 Å². The number of carbonyl (C=O) groups is 1. The number of hydrogen-bond acceptors (Lipinski definition) is 2. The van der Waals surface area contributed by atoms with Crippen molar-refractivity contribution in [3.8, 4) is 5.75 Å². The van der Waals surface area contributed by atoms with E-state index in [1.807, 2.05) is 26.0 Å². The average Bonchev–Trinajstić information content (AvgIpc) is 2.40. The van der Waals surface area contributed by atoms with E-state index < -0.39 is 5.60 Å². The molecule has 0 spiro atoms. The quantitative estimate of drug-likeness (QED) is 0.666.